The highest BCUT2D eigenvalue weighted by Gasteiger charge is 2.19. The Morgan fingerprint density at radius 1 is 2.00 bits per heavy atom. The van der Waals surface area contributed by atoms with Crippen LogP contribution in [0, 0.1) is 0 Å². The Morgan fingerprint density at radius 3 is 3.10 bits per heavy atom. The molecule has 52 valence electrons. The Morgan fingerprint density at radius 2 is 2.70 bits per heavy atom. The van der Waals surface area contributed by atoms with Crippen molar-refractivity contribution in [3.8, 4) is 0 Å². The molecule has 1 aliphatic heterocycles. The molecule has 2 radical (unpaired) electrons. The molecular formula is C6H8BNOS. The van der Waals surface area contributed by atoms with E-state index >= 15 is 0 Å². The van der Waals surface area contributed by atoms with E-state index in [1.54, 1.807) is 0 Å². The number of ketones is 1. The Kier molecular flexibility index (Phi) is 2.54. The highest BCUT2D eigenvalue weighted by Crippen LogP contribution is 2.21. The van der Waals surface area contributed by atoms with Gasteiger partial charge >= 0.3 is 0 Å². The van der Waals surface area contributed by atoms with E-state index in [4.69, 9.17) is 7.85 Å². The van der Waals surface area contributed by atoms with E-state index in [0.717, 1.165) is 6.54 Å². The second kappa shape index (κ2) is 3.24. The second-order valence-corrected chi connectivity index (χ2v) is 3.63. The Balaban J connectivity index is 2.51. The zero-order chi connectivity index (χ0) is 7.56. The van der Waals surface area contributed by atoms with Crippen LogP contribution in [0.3, 0.4) is 0 Å². The minimum absolute atomic E-state index is 0.0330. The number of Topliss-reactive ketones (excluding diaryl/α,β-unsaturated/α-hetero) is 1. The van der Waals surface area contributed by atoms with Crippen LogP contribution in [0.15, 0.2) is 4.99 Å². The first-order chi connectivity index (χ1) is 4.74. The van der Waals surface area contributed by atoms with Gasteiger partial charge in [0, 0.05) is 5.25 Å². The molecule has 10 heavy (non-hydrogen) atoms. The Hall–Kier alpha value is -0.245. The van der Waals surface area contributed by atoms with E-state index < -0.39 is 0 Å². The smallest absolute Gasteiger partial charge is 0.178 e. The van der Waals surface area contributed by atoms with Crippen molar-refractivity contribution in [1.29, 1.82) is 0 Å². The van der Waals surface area contributed by atoms with Gasteiger partial charge in [-0.3, -0.25) is 9.79 Å². The summed E-state index contributed by atoms with van der Waals surface area (Å²) in [6.07, 6.45) is 0.0819. The molecule has 0 spiro atoms. The predicted molar refractivity (Wildman–Crippen MR) is 44.9 cm³/mol. The molecule has 0 saturated heterocycles. The van der Waals surface area contributed by atoms with Crippen LogP contribution in [0.2, 0.25) is 6.32 Å². The summed E-state index contributed by atoms with van der Waals surface area (Å²) in [7, 11) is 5.15. The molecule has 0 saturated carbocycles. The number of carbonyl (C=O) groups is 1. The SMILES string of the molecule is [B]CC(=O)C1=NCC(C)S1. The van der Waals surface area contributed by atoms with Crippen molar-refractivity contribution < 1.29 is 4.79 Å². The van der Waals surface area contributed by atoms with E-state index in [1.165, 1.54) is 11.8 Å². The summed E-state index contributed by atoms with van der Waals surface area (Å²) in [5, 5.41) is 1.06. The molecule has 0 amide bonds. The first-order valence-electron chi connectivity index (χ1n) is 3.18. The fourth-order valence-corrected chi connectivity index (χ4v) is 1.61. The fraction of sp³-hybridized carbons (Fsp3) is 0.667. The van der Waals surface area contributed by atoms with Crippen LogP contribution in [0.4, 0.5) is 0 Å². The van der Waals surface area contributed by atoms with Gasteiger partial charge in [-0.15, -0.1) is 0 Å². The molecule has 0 aromatic heterocycles. The molecule has 0 N–H and O–H groups in total. The number of hydrogen-bond donors (Lipinski definition) is 0. The van der Waals surface area contributed by atoms with E-state index in [-0.39, 0.29) is 12.1 Å². The normalized spacial score (nSPS) is 24.5. The lowest BCUT2D eigenvalue weighted by molar-refractivity contribution is -0.110. The van der Waals surface area contributed by atoms with Crippen molar-refractivity contribution in [2.45, 2.75) is 18.5 Å². The van der Waals surface area contributed by atoms with Gasteiger partial charge in [-0.25, -0.2) is 0 Å². The van der Waals surface area contributed by atoms with Crippen molar-refractivity contribution in [3.63, 3.8) is 0 Å². The van der Waals surface area contributed by atoms with E-state index in [9.17, 15) is 4.79 Å². The largest absolute Gasteiger partial charge is 0.293 e. The molecule has 1 aliphatic rings. The van der Waals surface area contributed by atoms with Crippen molar-refractivity contribution in [2.75, 3.05) is 6.54 Å². The number of carbonyl (C=O) groups excluding carboxylic acids is 1. The van der Waals surface area contributed by atoms with Crippen LogP contribution >= 0.6 is 11.8 Å². The molecule has 0 bridgehead atoms. The van der Waals surface area contributed by atoms with Crippen molar-refractivity contribution in [2.24, 2.45) is 4.99 Å². The number of aliphatic imine (C=N–C) groups is 1. The lowest BCUT2D eigenvalue weighted by atomic mass is 10.0. The zero-order valence-corrected chi connectivity index (χ0v) is 6.65. The summed E-state index contributed by atoms with van der Waals surface area (Å²) < 4.78 is 0. The molecule has 4 heteroatoms. The van der Waals surface area contributed by atoms with Crippen molar-refractivity contribution in [3.05, 3.63) is 0 Å². The Labute approximate surface area is 65.9 Å². The molecule has 2 nitrogen and oxygen atoms in total. The molecule has 1 unspecified atom stereocenters. The average Bonchev–Trinajstić information content (AvgIpc) is 2.34. The number of rotatable bonds is 2. The fourth-order valence-electron chi connectivity index (χ4n) is 0.718. The maximum atomic E-state index is 10.9. The summed E-state index contributed by atoms with van der Waals surface area (Å²) in [4.78, 5) is 14.9. The maximum Gasteiger partial charge on any atom is 0.178 e. The topological polar surface area (TPSA) is 29.4 Å². The van der Waals surface area contributed by atoms with Gasteiger partial charge in [-0.05, 0) is 6.32 Å². The lowest BCUT2D eigenvalue weighted by Crippen LogP contribution is -2.07. The molecular weight excluding hydrogens is 145 g/mol. The van der Waals surface area contributed by atoms with Crippen LogP contribution in [-0.4, -0.2) is 30.5 Å². The minimum Gasteiger partial charge on any atom is -0.293 e. The first-order valence-corrected chi connectivity index (χ1v) is 4.06. The first kappa shape index (κ1) is 7.86. The maximum absolute atomic E-state index is 10.9. The van der Waals surface area contributed by atoms with Gasteiger partial charge in [0.25, 0.3) is 0 Å². The van der Waals surface area contributed by atoms with Crippen molar-refractivity contribution in [1.82, 2.24) is 0 Å². The summed E-state index contributed by atoms with van der Waals surface area (Å²) in [6.45, 7) is 2.80. The second-order valence-electron chi connectivity index (χ2n) is 2.20. The van der Waals surface area contributed by atoms with Crippen LogP contribution in [0.25, 0.3) is 0 Å². The van der Waals surface area contributed by atoms with Gasteiger partial charge < -0.3 is 0 Å². The van der Waals surface area contributed by atoms with Crippen LogP contribution < -0.4 is 0 Å². The summed E-state index contributed by atoms with van der Waals surface area (Å²) in [6, 6.07) is 0. The molecule has 0 aromatic rings. The molecule has 1 atom stereocenters. The molecule has 1 heterocycles. The van der Waals surface area contributed by atoms with Crippen LogP contribution in [0.1, 0.15) is 6.92 Å². The van der Waals surface area contributed by atoms with Crippen molar-refractivity contribution >= 4 is 30.4 Å². The molecule has 0 aliphatic carbocycles. The molecule has 0 aromatic carbocycles. The van der Waals surface area contributed by atoms with Gasteiger partial charge in [0.15, 0.2) is 5.78 Å². The van der Waals surface area contributed by atoms with Gasteiger partial charge in [0.05, 0.1) is 14.4 Å². The Bertz CT molecular complexity index is 181. The average molecular weight is 153 g/mol. The van der Waals surface area contributed by atoms with Gasteiger partial charge in [-0.1, -0.05) is 18.7 Å². The highest BCUT2D eigenvalue weighted by molar-refractivity contribution is 8.16. The number of thioether (sulfide) groups is 1. The number of nitrogens with zero attached hydrogens (tertiary/aromatic N) is 1. The predicted octanol–water partition coefficient (Wildman–Crippen LogP) is 0.676. The summed E-state index contributed by atoms with van der Waals surface area (Å²) >= 11 is 1.52. The third-order valence-corrected chi connectivity index (χ3v) is 2.36. The zero-order valence-electron chi connectivity index (χ0n) is 5.83. The monoisotopic (exact) mass is 153 g/mol. The quantitative estimate of drug-likeness (QED) is 0.545. The molecule has 1 rings (SSSR count). The third-order valence-electron chi connectivity index (χ3n) is 1.23. The highest BCUT2D eigenvalue weighted by atomic mass is 32.2. The van der Waals surface area contributed by atoms with E-state index in [1.807, 2.05) is 6.92 Å². The molecule has 0 fully saturated rings. The van der Waals surface area contributed by atoms with E-state index in [0.29, 0.717) is 10.3 Å². The lowest BCUT2D eigenvalue weighted by Gasteiger charge is -1.96. The minimum atomic E-state index is -0.0330. The summed E-state index contributed by atoms with van der Waals surface area (Å²) in [5.41, 5.74) is 0. The van der Waals surface area contributed by atoms with Crippen LogP contribution in [-0.2, 0) is 4.79 Å². The van der Waals surface area contributed by atoms with Crippen LogP contribution in [0.5, 0.6) is 0 Å². The number of hydrogen-bond acceptors (Lipinski definition) is 3. The summed E-state index contributed by atoms with van der Waals surface area (Å²) in [5.74, 6) is -0.0330. The van der Waals surface area contributed by atoms with Gasteiger partial charge in [-0.2, -0.15) is 0 Å². The van der Waals surface area contributed by atoms with E-state index in [2.05, 4.69) is 4.99 Å². The third kappa shape index (κ3) is 1.63. The van der Waals surface area contributed by atoms with Gasteiger partial charge in [0.1, 0.15) is 5.04 Å². The standard InChI is InChI=1S/C6H8BNOS/c1-4-3-8-6(10-4)5(9)2-7/h4H,2-3H2,1H3. The van der Waals surface area contributed by atoms with Gasteiger partial charge in [0.2, 0.25) is 0 Å².